The van der Waals surface area contributed by atoms with E-state index in [4.69, 9.17) is 4.74 Å². The molecular weight excluding hydrogens is 276 g/mol. The van der Waals surface area contributed by atoms with Gasteiger partial charge in [-0.05, 0) is 31.4 Å². The highest BCUT2D eigenvalue weighted by atomic mass is 16.5. The molecule has 4 heteroatoms. The third-order valence-corrected chi connectivity index (χ3v) is 4.12. The SMILES string of the molecule is CCOC(=O)c1cncc(NCC2(c3ccccc3)CC2)c1. The molecule has 0 spiro atoms. The molecular formula is C18H20N2O2. The summed E-state index contributed by atoms with van der Waals surface area (Å²) >= 11 is 0. The van der Waals surface area contributed by atoms with Crippen LogP contribution in [-0.4, -0.2) is 24.1 Å². The molecule has 0 amide bonds. The fraction of sp³-hybridized carbons (Fsp3) is 0.333. The number of nitrogens with zero attached hydrogens (tertiary/aromatic N) is 1. The van der Waals surface area contributed by atoms with Gasteiger partial charge in [-0.2, -0.15) is 0 Å². The number of pyridine rings is 1. The van der Waals surface area contributed by atoms with Gasteiger partial charge in [-0.25, -0.2) is 4.79 Å². The first kappa shape index (κ1) is 14.6. The lowest BCUT2D eigenvalue weighted by atomic mass is 9.96. The summed E-state index contributed by atoms with van der Waals surface area (Å²) < 4.78 is 5.00. The molecule has 1 fully saturated rings. The molecule has 0 saturated heterocycles. The number of nitrogens with one attached hydrogen (secondary N) is 1. The highest BCUT2D eigenvalue weighted by molar-refractivity contribution is 5.90. The van der Waals surface area contributed by atoms with Crippen molar-refractivity contribution in [1.29, 1.82) is 0 Å². The van der Waals surface area contributed by atoms with Gasteiger partial charge in [-0.3, -0.25) is 4.98 Å². The number of hydrogen-bond donors (Lipinski definition) is 1. The Morgan fingerprint density at radius 2 is 2.05 bits per heavy atom. The highest BCUT2D eigenvalue weighted by Crippen LogP contribution is 2.48. The second-order valence-electron chi connectivity index (χ2n) is 5.68. The summed E-state index contributed by atoms with van der Waals surface area (Å²) in [6.45, 7) is 3.02. The van der Waals surface area contributed by atoms with Crippen molar-refractivity contribution in [3.05, 3.63) is 59.9 Å². The minimum absolute atomic E-state index is 0.223. The molecule has 0 unspecified atom stereocenters. The van der Waals surface area contributed by atoms with Crippen LogP contribution in [0.25, 0.3) is 0 Å². The predicted molar refractivity (Wildman–Crippen MR) is 86.0 cm³/mol. The molecule has 0 atom stereocenters. The minimum atomic E-state index is -0.331. The number of rotatable bonds is 6. The fourth-order valence-electron chi connectivity index (χ4n) is 2.64. The van der Waals surface area contributed by atoms with Crippen molar-refractivity contribution < 1.29 is 9.53 Å². The second-order valence-corrected chi connectivity index (χ2v) is 5.68. The number of carbonyl (C=O) groups is 1. The van der Waals surface area contributed by atoms with Crippen LogP contribution < -0.4 is 5.32 Å². The Labute approximate surface area is 130 Å². The predicted octanol–water partition coefficient (Wildman–Crippen LogP) is 3.40. The van der Waals surface area contributed by atoms with Crippen molar-refractivity contribution in [2.75, 3.05) is 18.5 Å². The Morgan fingerprint density at radius 1 is 1.27 bits per heavy atom. The van der Waals surface area contributed by atoms with E-state index in [0.717, 1.165) is 12.2 Å². The molecule has 0 aliphatic heterocycles. The maximum Gasteiger partial charge on any atom is 0.339 e. The lowest BCUT2D eigenvalue weighted by molar-refractivity contribution is 0.0526. The van der Waals surface area contributed by atoms with Crippen molar-refractivity contribution in [2.24, 2.45) is 0 Å². The van der Waals surface area contributed by atoms with Crippen LogP contribution in [0.1, 0.15) is 35.7 Å². The van der Waals surface area contributed by atoms with Crippen molar-refractivity contribution in [1.82, 2.24) is 4.98 Å². The lowest BCUT2D eigenvalue weighted by Gasteiger charge is -2.17. The average Bonchev–Trinajstić information content (AvgIpc) is 3.36. The van der Waals surface area contributed by atoms with Crippen LogP contribution in [-0.2, 0) is 10.2 Å². The van der Waals surface area contributed by atoms with Gasteiger partial charge in [0.25, 0.3) is 0 Å². The van der Waals surface area contributed by atoms with Gasteiger partial charge < -0.3 is 10.1 Å². The van der Waals surface area contributed by atoms with Crippen LogP contribution in [0, 0.1) is 0 Å². The molecule has 4 nitrogen and oxygen atoms in total. The summed E-state index contributed by atoms with van der Waals surface area (Å²) in [6, 6.07) is 12.4. The van der Waals surface area contributed by atoms with E-state index in [9.17, 15) is 4.79 Å². The number of aromatic nitrogens is 1. The summed E-state index contributed by atoms with van der Waals surface area (Å²) in [5, 5.41) is 3.41. The second kappa shape index (κ2) is 6.18. The number of benzene rings is 1. The van der Waals surface area contributed by atoms with Gasteiger partial charge in [0.1, 0.15) is 0 Å². The van der Waals surface area contributed by atoms with Gasteiger partial charge in [0.15, 0.2) is 0 Å². The average molecular weight is 296 g/mol. The molecule has 22 heavy (non-hydrogen) atoms. The molecule has 1 aromatic heterocycles. The Morgan fingerprint density at radius 3 is 2.73 bits per heavy atom. The number of hydrogen-bond acceptors (Lipinski definition) is 4. The summed E-state index contributed by atoms with van der Waals surface area (Å²) in [6.07, 6.45) is 5.65. The van der Waals surface area contributed by atoms with Gasteiger partial charge in [0.05, 0.1) is 17.9 Å². The van der Waals surface area contributed by atoms with E-state index in [2.05, 4.69) is 34.6 Å². The number of esters is 1. The Bertz CT molecular complexity index is 651. The quantitative estimate of drug-likeness (QED) is 0.830. The lowest BCUT2D eigenvalue weighted by Crippen LogP contribution is -2.19. The molecule has 114 valence electrons. The van der Waals surface area contributed by atoms with Crippen LogP contribution in [0.3, 0.4) is 0 Å². The van der Waals surface area contributed by atoms with E-state index >= 15 is 0 Å². The summed E-state index contributed by atoms with van der Waals surface area (Å²) in [7, 11) is 0. The number of anilines is 1. The Balaban J connectivity index is 1.67. The molecule has 3 rings (SSSR count). The smallest absolute Gasteiger partial charge is 0.339 e. The van der Waals surface area contributed by atoms with Gasteiger partial charge in [0.2, 0.25) is 0 Å². The molecule has 1 aliphatic rings. The van der Waals surface area contributed by atoms with E-state index in [1.807, 2.05) is 6.07 Å². The maximum atomic E-state index is 11.7. The normalized spacial score (nSPS) is 15.1. The van der Waals surface area contributed by atoms with Gasteiger partial charge in [-0.1, -0.05) is 30.3 Å². The molecule has 1 aromatic carbocycles. The summed E-state index contributed by atoms with van der Waals surface area (Å²) in [4.78, 5) is 15.9. The first-order chi connectivity index (χ1) is 10.7. The van der Waals surface area contributed by atoms with Crippen LogP contribution in [0.5, 0.6) is 0 Å². The summed E-state index contributed by atoms with van der Waals surface area (Å²) in [5.74, 6) is -0.331. The third kappa shape index (κ3) is 3.11. The topological polar surface area (TPSA) is 51.2 Å². The standard InChI is InChI=1S/C18H20N2O2/c1-2-22-17(21)14-10-16(12-19-11-14)20-13-18(8-9-18)15-6-4-3-5-7-15/h3-7,10-12,20H,2,8-9,13H2,1H3. The van der Waals surface area contributed by atoms with Gasteiger partial charge in [-0.15, -0.1) is 0 Å². The number of carbonyl (C=O) groups excluding carboxylic acids is 1. The molecule has 2 aromatic rings. The first-order valence-electron chi connectivity index (χ1n) is 7.65. The summed E-state index contributed by atoms with van der Waals surface area (Å²) in [5.41, 5.74) is 2.93. The number of ether oxygens (including phenoxy) is 1. The van der Waals surface area contributed by atoms with Crippen molar-refractivity contribution in [3.8, 4) is 0 Å². The molecule has 1 saturated carbocycles. The largest absolute Gasteiger partial charge is 0.462 e. The molecule has 1 heterocycles. The van der Waals surface area contributed by atoms with E-state index < -0.39 is 0 Å². The van der Waals surface area contributed by atoms with Crippen LogP contribution >= 0.6 is 0 Å². The Hall–Kier alpha value is -2.36. The Kier molecular flexibility index (Phi) is 4.09. The van der Waals surface area contributed by atoms with Gasteiger partial charge in [0, 0.05) is 24.4 Å². The first-order valence-corrected chi connectivity index (χ1v) is 7.65. The van der Waals surface area contributed by atoms with E-state index in [-0.39, 0.29) is 11.4 Å². The van der Waals surface area contributed by atoms with E-state index in [1.54, 1.807) is 19.2 Å². The fourth-order valence-corrected chi connectivity index (χ4v) is 2.64. The zero-order chi connectivity index (χ0) is 15.4. The minimum Gasteiger partial charge on any atom is -0.462 e. The van der Waals surface area contributed by atoms with Crippen molar-refractivity contribution in [2.45, 2.75) is 25.2 Å². The van der Waals surface area contributed by atoms with Crippen molar-refractivity contribution >= 4 is 11.7 Å². The van der Waals surface area contributed by atoms with Crippen LogP contribution in [0.2, 0.25) is 0 Å². The monoisotopic (exact) mass is 296 g/mol. The van der Waals surface area contributed by atoms with Crippen LogP contribution in [0.15, 0.2) is 48.8 Å². The van der Waals surface area contributed by atoms with Crippen LogP contribution in [0.4, 0.5) is 5.69 Å². The van der Waals surface area contributed by atoms with E-state index in [0.29, 0.717) is 12.2 Å². The molecule has 0 radical (unpaired) electrons. The van der Waals surface area contributed by atoms with E-state index in [1.165, 1.54) is 24.6 Å². The maximum absolute atomic E-state index is 11.7. The van der Waals surface area contributed by atoms with Crippen molar-refractivity contribution in [3.63, 3.8) is 0 Å². The van der Waals surface area contributed by atoms with Gasteiger partial charge >= 0.3 is 5.97 Å². The zero-order valence-electron chi connectivity index (χ0n) is 12.7. The highest BCUT2D eigenvalue weighted by Gasteiger charge is 2.43. The molecule has 1 N–H and O–H groups in total. The molecule has 1 aliphatic carbocycles. The molecule has 0 bridgehead atoms. The third-order valence-electron chi connectivity index (χ3n) is 4.12. The zero-order valence-corrected chi connectivity index (χ0v) is 12.7.